The number of ether oxygens (including phenoxy) is 2. The number of carbonyl (C=O) groups excluding carboxylic acids is 2. The number of likely N-dealkylation sites (tertiary alicyclic amines) is 1. The maximum Gasteiger partial charge on any atom is 0.317 e. The Labute approximate surface area is 176 Å². The molecular weight excluding hydrogens is 396 g/mol. The number of anilines is 1. The Morgan fingerprint density at radius 3 is 2.68 bits per heavy atom. The van der Waals surface area contributed by atoms with Crippen molar-refractivity contribution in [1.82, 2.24) is 4.90 Å². The number of benzene rings is 1. The summed E-state index contributed by atoms with van der Waals surface area (Å²) in [7, 11) is 0. The van der Waals surface area contributed by atoms with Gasteiger partial charge < -0.3 is 19.7 Å². The van der Waals surface area contributed by atoms with E-state index in [1.54, 1.807) is 25.1 Å². The summed E-state index contributed by atoms with van der Waals surface area (Å²) in [4.78, 5) is 26.6. The summed E-state index contributed by atoms with van der Waals surface area (Å²) in [5.41, 5.74) is 0.548. The van der Waals surface area contributed by atoms with Gasteiger partial charge in [-0.25, -0.2) is 0 Å². The number of hydrogen-bond acceptors (Lipinski definition) is 6. The molecule has 1 aliphatic heterocycles. The monoisotopic (exact) mass is 424 g/mol. The zero-order valence-electron chi connectivity index (χ0n) is 16.6. The van der Waals surface area contributed by atoms with Gasteiger partial charge in [-0.05, 0) is 44.7 Å². The van der Waals surface area contributed by atoms with E-state index >= 15 is 0 Å². The van der Waals surface area contributed by atoms with Crippen molar-refractivity contribution in [3.63, 3.8) is 0 Å². The highest BCUT2D eigenvalue weighted by atomic mass is 32.2. The molecule has 0 saturated carbocycles. The molecule has 1 fully saturated rings. The van der Waals surface area contributed by atoms with Crippen LogP contribution in [0.15, 0.2) is 24.3 Å². The minimum Gasteiger partial charge on any atom is -0.492 e. The van der Waals surface area contributed by atoms with Crippen molar-refractivity contribution < 1.29 is 19.1 Å². The van der Waals surface area contributed by atoms with Crippen molar-refractivity contribution in [2.45, 2.75) is 39.7 Å². The van der Waals surface area contributed by atoms with E-state index in [1.165, 1.54) is 11.8 Å². The lowest BCUT2D eigenvalue weighted by molar-refractivity contribution is -0.150. The molecule has 1 N–H and O–H groups in total. The number of piperidine rings is 1. The number of amides is 1. The van der Waals surface area contributed by atoms with Crippen LogP contribution in [0.5, 0.6) is 5.75 Å². The number of nitrogens with zero attached hydrogens (tertiary/aromatic N) is 1. The Balaban J connectivity index is 1.77. The SMILES string of the molecule is CCOc1ccccc1NC(=O)C(C)OC(=O)CSC(=S)N1CCC(C)CC1. The fourth-order valence-electron chi connectivity index (χ4n) is 2.77. The summed E-state index contributed by atoms with van der Waals surface area (Å²) in [6.07, 6.45) is 1.32. The van der Waals surface area contributed by atoms with Gasteiger partial charge in [0.1, 0.15) is 10.1 Å². The molecule has 8 heteroatoms. The van der Waals surface area contributed by atoms with E-state index in [9.17, 15) is 9.59 Å². The van der Waals surface area contributed by atoms with E-state index < -0.39 is 18.0 Å². The molecule has 0 bridgehead atoms. The van der Waals surface area contributed by atoms with Crippen molar-refractivity contribution in [3.8, 4) is 5.75 Å². The molecule has 1 amide bonds. The van der Waals surface area contributed by atoms with E-state index in [-0.39, 0.29) is 5.75 Å². The number of carbonyl (C=O) groups is 2. The standard InChI is InChI=1S/C20H28N2O4S2/c1-4-25-17-8-6-5-7-16(17)21-19(24)15(3)26-18(23)13-28-20(27)22-11-9-14(2)10-12-22/h5-8,14-15H,4,9-13H2,1-3H3,(H,21,24). The molecule has 1 saturated heterocycles. The minimum atomic E-state index is -0.910. The highest BCUT2D eigenvalue weighted by Crippen LogP contribution is 2.24. The van der Waals surface area contributed by atoms with Gasteiger partial charge in [-0.15, -0.1) is 0 Å². The summed E-state index contributed by atoms with van der Waals surface area (Å²) in [6.45, 7) is 8.01. The van der Waals surface area contributed by atoms with Gasteiger partial charge in [-0.2, -0.15) is 0 Å². The van der Waals surface area contributed by atoms with Crippen LogP contribution in [-0.2, 0) is 14.3 Å². The summed E-state index contributed by atoms with van der Waals surface area (Å²) in [5, 5.41) is 2.74. The molecule has 28 heavy (non-hydrogen) atoms. The van der Waals surface area contributed by atoms with Crippen LogP contribution in [0, 0.1) is 5.92 Å². The predicted molar refractivity (Wildman–Crippen MR) is 117 cm³/mol. The molecule has 0 radical (unpaired) electrons. The number of esters is 1. The van der Waals surface area contributed by atoms with Gasteiger partial charge in [0.05, 0.1) is 18.0 Å². The molecule has 1 aromatic carbocycles. The van der Waals surface area contributed by atoms with Crippen molar-refractivity contribution in [3.05, 3.63) is 24.3 Å². The smallest absolute Gasteiger partial charge is 0.317 e. The molecular formula is C20H28N2O4S2. The highest BCUT2D eigenvalue weighted by molar-refractivity contribution is 8.23. The van der Waals surface area contributed by atoms with Crippen LogP contribution in [0.2, 0.25) is 0 Å². The first-order chi connectivity index (χ1) is 13.4. The molecule has 154 valence electrons. The van der Waals surface area contributed by atoms with Crippen molar-refractivity contribution in [2.24, 2.45) is 5.92 Å². The van der Waals surface area contributed by atoms with Crippen LogP contribution in [-0.4, -0.2) is 52.7 Å². The fraction of sp³-hybridized carbons (Fsp3) is 0.550. The third kappa shape index (κ3) is 6.98. The van der Waals surface area contributed by atoms with E-state index in [2.05, 4.69) is 17.1 Å². The van der Waals surface area contributed by atoms with Crippen LogP contribution in [0.4, 0.5) is 5.69 Å². The van der Waals surface area contributed by atoms with Crippen molar-refractivity contribution in [2.75, 3.05) is 30.8 Å². The maximum atomic E-state index is 12.3. The van der Waals surface area contributed by atoms with E-state index in [0.717, 1.165) is 31.8 Å². The summed E-state index contributed by atoms with van der Waals surface area (Å²) in [5.74, 6) is 0.532. The molecule has 1 heterocycles. The van der Waals surface area contributed by atoms with Gasteiger partial charge in [0.15, 0.2) is 6.10 Å². The van der Waals surface area contributed by atoms with Crippen molar-refractivity contribution in [1.29, 1.82) is 0 Å². The number of nitrogens with one attached hydrogen (secondary N) is 1. The van der Waals surface area contributed by atoms with Gasteiger partial charge >= 0.3 is 5.97 Å². The first-order valence-electron chi connectivity index (χ1n) is 9.54. The summed E-state index contributed by atoms with van der Waals surface area (Å²) >= 11 is 6.70. The second kappa shape index (κ2) is 11.3. The first kappa shape index (κ1) is 22.5. The molecule has 1 unspecified atom stereocenters. The number of para-hydroxylation sites is 2. The largest absolute Gasteiger partial charge is 0.492 e. The molecule has 0 aromatic heterocycles. The first-order valence-corrected chi connectivity index (χ1v) is 10.9. The van der Waals surface area contributed by atoms with E-state index in [1.807, 2.05) is 13.0 Å². The Morgan fingerprint density at radius 1 is 1.32 bits per heavy atom. The Hall–Kier alpha value is -1.80. The Kier molecular flexibility index (Phi) is 9.05. The third-order valence-corrected chi connectivity index (χ3v) is 5.97. The molecule has 2 rings (SSSR count). The third-order valence-electron chi connectivity index (χ3n) is 4.48. The quantitative estimate of drug-likeness (QED) is 0.529. The average Bonchev–Trinajstić information content (AvgIpc) is 2.68. The molecule has 1 aromatic rings. The van der Waals surface area contributed by atoms with Crippen LogP contribution < -0.4 is 10.1 Å². The number of hydrogen-bond donors (Lipinski definition) is 1. The zero-order valence-corrected chi connectivity index (χ0v) is 18.2. The Bertz CT molecular complexity index is 691. The molecule has 0 aliphatic carbocycles. The van der Waals surface area contributed by atoms with E-state index in [0.29, 0.717) is 22.4 Å². The van der Waals surface area contributed by atoms with Gasteiger partial charge in [-0.1, -0.05) is 43.0 Å². The van der Waals surface area contributed by atoms with Crippen LogP contribution in [0.1, 0.15) is 33.6 Å². The minimum absolute atomic E-state index is 0.0953. The van der Waals surface area contributed by atoms with Gasteiger partial charge in [-0.3, -0.25) is 9.59 Å². The lowest BCUT2D eigenvalue weighted by Crippen LogP contribution is -2.36. The Morgan fingerprint density at radius 2 is 2.00 bits per heavy atom. The molecule has 0 spiro atoms. The topological polar surface area (TPSA) is 67.9 Å². The van der Waals surface area contributed by atoms with Crippen LogP contribution >= 0.6 is 24.0 Å². The number of rotatable bonds is 7. The molecule has 1 aliphatic rings. The predicted octanol–water partition coefficient (Wildman–Crippen LogP) is 3.71. The molecule has 6 nitrogen and oxygen atoms in total. The fourth-order valence-corrected chi connectivity index (χ4v) is 3.81. The second-order valence-electron chi connectivity index (χ2n) is 6.77. The summed E-state index contributed by atoms with van der Waals surface area (Å²) in [6, 6.07) is 7.14. The second-order valence-corrected chi connectivity index (χ2v) is 8.38. The van der Waals surface area contributed by atoms with Crippen molar-refractivity contribution >= 4 is 45.9 Å². The average molecular weight is 425 g/mol. The highest BCUT2D eigenvalue weighted by Gasteiger charge is 2.22. The van der Waals surface area contributed by atoms with Gasteiger partial charge in [0.25, 0.3) is 5.91 Å². The molecule has 1 atom stereocenters. The lowest BCUT2D eigenvalue weighted by atomic mass is 10.00. The maximum absolute atomic E-state index is 12.3. The van der Waals surface area contributed by atoms with Gasteiger partial charge in [0, 0.05) is 13.1 Å². The van der Waals surface area contributed by atoms with E-state index in [4.69, 9.17) is 21.7 Å². The zero-order chi connectivity index (χ0) is 20.5. The lowest BCUT2D eigenvalue weighted by Gasteiger charge is -2.31. The normalized spacial score (nSPS) is 15.6. The van der Waals surface area contributed by atoms with Gasteiger partial charge in [0.2, 0.25) is 0 Å². The number of thiocarbonyl (C=S) groups is 1. The number of thioether (sulfide) groups is 1. The van der Waals surface area contributed by atoms with Crippen LogP contribution in [0.25, 0.3) is 0 Å². The summed E-state index contributed by atoms with van der Waals surface area (Å²) < 4.78 is 11.4. The van der Waals surface area contributed by atoms with Crippen LogP contribution in [0.3, 0.4) is 0 Å².